The highest BCUT2D eigenvalue weighted by Crippen LogP contribution is 2.44. The molecule has 3 unspecified atom stereocenters. The maximum Gasteiger partial charge on any atom is 0.0940 e. The van der Waals surface area contributed by atoms with Crippen LogP contribution in [0.1, 0.15) is 24.0 Å². The summed E-state index contributed by atoms with van der Waals surface area (Å²) >= 11 is 9.17. The fraction of sp³-hybridized carbons (Fsp3) is 0.412. The molecule has 1 heterocycles. The number of nitrogens with one attached hydrogen (secondary N) is 1. The van der Waals surface area contributed by atoms with Gasteiger partial charge in [-0.15, -0.1) is 11.3 Å². The van der Waals surface area contributed by atoms with Crippen LogP contribution in [0.4, 0.5) is 0 Å². The Hall–Kier alpha value is -0.520. The third-order valence-corrected chi connectivity index (χ3v) is 7.17. The standard InChI is InChI=1S/C17H18ClNOS2/c18-14-5-6-15(21-14)22-19-16-12-7-8-17(16,20)10-13-4-2-1-3-11(13)9-12/h1-6,12,16,19-20H,7-10H2. The van der Waals surface area contributed by atoms with E-state index in [4.69, 9.17) is 11.6 Å². The molecule has 1 fully saturated rings. The van der Waals surface area contributed by atoms with Gasteiger partial charge in [0.15, 0.2) is 0 Å². The molecule has 0 aliphatic heterocycles. The smallest absolute Gasteiger partial charge is 0.0940 e. The van der Waals surface area contributed by atoms with E-state index in [0.29, 0.717) is 5.92 Å². The quantitative estimate of drug-likeness (QED) is 0.808. The fourth-order valence-corrected chi connectivity index (χ4v) is 6.12. The molecule has 1 saturated carbocycles. The number of hydrogen-bond acceptors (Lipinski definition) is 4. The highest BCUT2D eigenvalue weighted by molar-refractivity contribution is 7.99. The molecule has 2 bridgehead atoms. The van der Waals surface area contributed by atoms with E-state index in [1.165, 1.54) is 11.1 Å². The first-order valence-electron chi connectivity index (χ1n) is 7.61. The summed E-state index contributed by atoms with van der Waals surface area (Å²) in [5, 5.41) is 11.2. The normalized spacial score (nSPS) is 30.1. The lowest BCUT2D eigenvalue weighted by Crippen LogP contribution is -2.48. The van der Waals surface area contributed by atoms with Crippen molar-refractivity contribution in [2.75, 3.05) is 0 Å². The van der Waals surface area contributed by atoms with Crippen molar-refractivity contribution in [2.24, 2.45) is 5.92 Å². The van der Waals surface area contributed by atoms with E-state index < -0.39 is 5.60 Å². The molecule has 1 aromatic heterocycles. The maximum absolute atomic E-state index is 11.2. The van der Waals surface area contributed by atoms with Crippen molar-refractivity contribution in [3.8, 4) is 0 Å². The Labute approximate surface area is 144 Å². The van der Waals surface area contributed by atoms with Gasteiger partial charge in [0.1, 0.15) is 0 Å². The van der Waals surface area contributed by atoms with Gasteiger partial charge < -0.3 is 5.11 Å². The van der Waals surface area contributed by atoms with Crippen LogP contribution in [0, 0.1) is 5.92 Å². The molecule has 1 aromatic carbocycles. The lowest BCUT2D eigenvalue weighted by molar-refractivity contribution is 0.0241. The predicted octanol–water partition coefficient (Wildman–Crippen LogP) is 4.31. The lowest BCUT2D eigenvalue weighted by Gasteiger charge is -2.31. The van der Waals surface area contributed by atoms with E-state index in [0.717, 1.165) is 34.2 Å². The van der Waals surface area contributed by atoms with Crippen molar-refractivity contribution in [1.29, 1.82) is 0 Å². The lowest BCUT2D eigenvalue weighted by atomic mass is 9.90. The van der Waals surface area contributed by atoms with Gasteiger partial charge in [0.05, 0.1) is 14.1 Å². The summed E-state index contributed by atoms with van der Waals surface area (Å²) in [5.41, 5.74) is 2.08. The topological polar surface area (TPSA) is 32.3 Å². The zero-order valence-electron chi connectivity index (χ0n) is 12.1. The van der Waals surface area contributed by atoms with Crippen LogP contribution in [0.2, 0.25) is 4.34 Å². The second kappa shape index (κ2) is 5.84. The first-order chi connectivity index (χ1) is 10.6. The first-order valence-corrected chi connectivity index (χ1v) is 9.62. The number of fused-ring (bicyclic) bond motifs is 3. The summed E-state index contributed by atoms with van der Waals surface area (Å²) in [6.07, 6.45) is 3.79. The van der Waals surface area contributed by atoms with Gasteiger partial charge in [0.2, 0.25) is 0 Å². The molecule has 2 N–H and O–H groups in total. The summed E-state index contributed by atoms with van der Waals surface area (Å²) in [6, 6.07) is 12.6. The molecule has 4 rings (SSSR count). The van der Waals surface area contributed by atoms with Crippen LogP contribution in [0.5, 0.6) is 0 Å². The molecule has 0 spiro atoms. The molecule has 22 heavy (non-hydrogen) atoms. The second-order valence-electron chi connectivity index (χ2n) is 6.31. The number of aliphatic hydroxyl groups is 1. The highest BCUT2D eigenvalue weighted by Gasteiger charge is 2.49. The third-order valence-electron chi connectivity index (χ3n) is 4.93. The molecule has 0 amide bonds. The molecule has 2 aliphatic rings. The van der Waals surface area contributed by atoms with Crippen molar-refractivity contribution >= 4 is 34.9 Å². The van der Waals surface area contributed by atoms with Crippen molar-refractivity contribution in [1.82, 2.24) is 4.72 Å². The molecule has 0 saturated heterocycles. The molecule has 2 aliphatic carbocycles. The van der Waals surface area contributed by atoms with Gasteiger partial charge in [-0.3, -0.25) is 4.72 Å². The van der Waals surface area contributed by atoms with E-state index in [1.807, 2.05) is 12.1 Å². The Balaban J connectivity index is 1.56. The average molecular weight is 352 g/mol. The minimum atomic E-state index is -0.634. The summed E-state index contributed by atoms with van der Waals surface area (Å²) in [5.74, 6) is 0.497. The van der Waals surface area contributed by atoms with Crippen LogP contribution in [-0.2, 0) is 12.8 Å². The third kappa shape index (κ3) is 2.72. The van der Waals surface area contributed by atoms with Crippen LogP contribution in [0.25, 0.3) is 0 Å². The van der Waals surface area contributed by atoms with Gasteiger partial charge in [-0.05, 0) is 60.4 Å². The van der Waals surface area contributed by atoms with Crippen LogP contribution in [-0.4, -0.2) is 16.7 Å². The molecule has 5 heteroatoms. The summed E-state index contributed by atoms with van der Waals surface area (Å²) in [4.78, 5) is 0. The summed E-state index contributed by atoms with van der Waals surface area (Å²) in [6.45, 7) is 0. The zero-order chi connectivity index (χ0) is 15.2. The zero-order valence-corrected chi connectivity index (χ0v) is 14.5. The Morgan fingerprint density at radius 1 is 1.23 bits per heavy atom. The fourth-order valence-electron chi connectivity index (χ4n) is 3.84. The van der Waals surface area contributed by atoms with E-state index >= 15 is 0 Å². The maximum atomic E-state index is 11.2. The van der Waals surface area contributed by atoms with Gasteiger partial charge in [-0.1, -0.05) is 35.9 Å². The van der Waals surface area contributed by atoms with Crippen LogP contribution in [0.15, 0.2) is 40.6 Å². The van der Waals surface area contributed by atoms with Crippen LogP contribution in [0.3, 0.4) is 0 Å². The van der Waals surface area contributed by atoms with Gasteiger partial charge in [-0.2, -0.15) is 0 Å². The molecular formula is C17H18ClNOS2. The summed E-state index contributed by atoms with van der Waals surface area (Å²) < 4.78 is 5.50. The minimum Gasteiger partial charge on any atom is -0.388 e. The van der Waals surface area contributed by atoms with E-state index in [1.54, 1.807) is 23.3 Å². The van der Waals surface area contributed by atoms with Gasteiger partial charge >= 0.3 is 0 Å². The molecule has 116 valence electrons. The molecule has 0 radical (unpaired) electrons. The predicted molar refractivity (Wildman–Crippen MR) is 93.6 cm³/mol. The van der Waals surface area contributed by atoms with Crippen molar-refractivity contribution in [3.63, 3.8) is 0 Å². The number of halogens is 1. The van der Waals surface area contributed by atoms with Gasteiger partial charge in [-0.25, -0.2) is 0 Å². The van der Waals surface area contributed by atoms with E-state index in [9.17, 15) is 5.11 Å². The van der Waals surface area contributed by atoms with Crippen molar-refractivity contribution < 1.29 is 5.11 Å². The number of thiophene rings is 1. The Kier molecular flexibility index (Phi) is 3.99. The van der Waals surface area contributed by atoms with E-state index in [-0.39, 0.29) is 6.04 Å². The Morgan fingerprint density at radius 3 is 2.82 bits per heavy atom. The average Bonchev–Trinajstić information content (AvgIpc) is 2.99. The number of hydrogen-bond donors (Lipinski definition) is 2. The highest BCUT2D eigenvalue weighted by atomic mass is 35.5. The molecule has 3 atom stereocenters. The summed E-state index contributed by atoms with van der Waals surface area (Å²) in [7, 11) is 0. The van der Waals surface area contributed by atoms with Crippen LogP contribution < -0.4 is 4.72 Å². The number of rotatable bonds is 3. The molecule has 2 aromatic rings. The van der Waals surface area contributed by atoms with Crippen molar-refractivity contribution in [2.45, 2.75) is 41.5 Å². The largest absolute Gasteiger partial charge is 0.388 e. The SMILES string of the molecule is OC12CCC(Cc3ccccc3C1)C2NSc1ccc(Cl)s1. The monoisotopic (exact) mass is 351 g/mol. The Morgan fingerprint density at radius 2 is 2.05 bits per heavy atom. The van der Waals surface area contributed by atoms with Gasteiger partial charge in [0.25, 0.3) is 0 Å². The molecule has 2 nitrogen and oxygen atoms in total. The van der Waals surface area contributed by atoms with Crippen molar-refractivity contribution in [3.05, 3.63) is 51.9 Å². The minimum absolute atomic E-state index is 0.130. The first kappa shape index (κ1) is 15.0. The number of benzene rings is 1. The molecular weight excluding hydrogens is 334 g/mol. The van der Waals surface area contributed by atoms with E-state index in [2.05, 4.69) is 29.0 Å². The van der Waals surface area contributed by atoms with Crippen LogP contribution >= 0.6 is 34.9 Å². The second-order valence-corrected chi connectivity index (χ2v) is 9.16. The Bertz CT molecular complexity index is 689. The van der Waals surface area contributed by atoms with Gasteiger partial charge in [0, 0.05) is 12.5 Å².